The molecule has 1 aromatic heterocycles. The highest BCUT2D eigenvalue weighted by Crippen LogP contribution is 2.08. The van der Waals surface area contributed by atoms with Crippen molar-refractivity contribution in [3.63, 3.8) is 0 Å². The molecule has 0 atom stereocenters. The van der Waals surface area contributed by atoms with Crippen LogP contribution in [0.3, 0.4) is 0 Å². The topological polar surface area (TPSA) is 96.5 Å². The molecule has 17 heavy (non-hydrogen) atoms. The van der Waals surface area contributed by atoms with Crippen LogP contribution in [0.15, 0.2) is 18.3 Å². The molecule has 0 radical (unpaired) electrons. The number of carboxylic acids is 1. The van der Waals surface area contributed by atoms with Gasteiger partial charge in [0.15, 0.2) is 0 Å². The molecule has 0 bridgehead atoms. The third-order valence-corrected chi connectivity index (χ3v) is 2.20. The maximum Gasteiger partial charge on any atom is 0.323 e. The molecule has 6 heteroatoms. The first kappa shape index (κ1) is 13.0. The standard InChI is InChI=1S/C11H15N3O3/c1-7(2)14(6-10(15)16)11(17)9-4-3-8(12)5-13-9/h3-5,7H,6,12H2,1-2H3,(H,15,16). The first-order valence-electron chi connectivity index (χ1n) is 5.16. The Labute approximate surface area is 99.1 Å². The fourth-order valence-electron chi connectivity index (χ4n) is 1.31. The van der Waals surface area contributed by atoms with Gasteiger partial charge in [0.05, 0.1) is 11.9 Å². The van der Waals surface area contributed by atoms with Gasteiger partial charge in [-0.05, 0) is 26.0 Å². The molecule has 0 aliphatic rings. The summed E-state index contributed by atoms with van der Waals surface area (Å²) in [6, 6.07) is 2.83. The molecule has 0 fully saturated rings. The first-order chi connectivity index (χ1) is 7.91. The summed E-state index contributed by atoms with van der Waals surface area (Å²) in [7, 11) is 0. The Morgan fingerprint density at radius 2 is 2.12 bits per heavy atom. The van der Waals surface area contributed by atoms with Crippen LogP contribution in [0.4, 0.5) is 5.69 Å². The van der Waals surface area contributed by atoms with Gasteiger partial charge in [-0.25, -0.2) is 4.98 Å². The minimum absolute atomic E-state index is 0.189. The van der Waals surface area contributed by atoms with Gasteiger partial charge in [0.1, 0.15) is 12.2 Å². The van der Waals surface area contributed by atoms with Gasteiger partial charge < -0.3 is 15.7 Å². The summed E-state index contributed by atoms with van der Waals surface area (Å²) in [5.74, 6) is -1.47. The molecule has 0 aliphatic carbocycles. The predicted octanol–water partition coefficient (Wildman–Crippen LogP) is 0.599. The third kappa shape index (κ3) is 3.44. The molecule has 92 valence electrons. The smallest absolute Gasteiger partial charge is 0.323 e. The second-order valence-corrected chi connectivity index (χ2v) is 3.90. The third-order valence-electron chi connectivity index (χ3n) is 2.20. The van der Waals surface area contributed by atoms with Gasteiger partial charge in [0, 0.05) is 6.04 Å². The van der Waals surface area contributed by atoms with Crippen molar-refractivity contribution in [2.45, 2.75) is 19.9 Å². The largest absolute Gasteiger partial charge is 0.480 e. The van der Waals surface area contributed by atoms with Gasteiger partial charge in [0.2, 0.25) is 0 Å². The summed E-state index contributed by atoms with van der Waals surface area (Å²) in [4.78, 5) is 27.8. The van der Waals surface area contributed by atoms with E-state index in [2.05, 4.69) is 4.98 Å². The summed E-state index contributed by atoms with van der Waals surface area (Å²) < 4.78 is 0. The van der Waals surface area contributed by atoms with Crippen LogP contribution in [-0.2, 0) is 4.79 Å². The quantitative estimate of drug-likeness (QED) is 0.799. The van der Waals surface area contributed by atoms with Crippen LogP contribution in [-0.4, -0.2) is 39.5 Å². The van der Waals surface area contributed by atoms with E-state index in [-0.39, 0.29) is 18.3 Å². The monoisotopic (exact) mass is 237 g/mol. The van der Waals surface area contributed by atoms with Crippen molar-refractivity contribution in [3.05, 3.63) is 24.0 Å². The second-order valence-electron chi connectivity index (χ2n) is 3.90. The van der Waals surface area contributed by atoms with Crippen molar-refractivity contribution in [1.29, 1.82) is 0 Å². The number of carbonyl (C=O) groups is 2. The molecule has 1 heterocycles. The van der Waals surface area contributed by atoms with Gasteiger partial charge >= 0.3 is 5.97 Å². The van der Waals surface area contributed by atoms with Crippen molar-refractivity contribution in [3.8, 4) is 0 Å². The van der Waals surface area contributed by atoms with Crippen LogP contribution in [0.25, 0.3) is 0 Å². The second kappa shape index (κ2) is 5.29. The van der Waals surface area contributed by atoms with E-state index in [0.29, 0.717) is 5.69 Å². The normalized spacial score (nSPS) is 10.3. The lowest BCUT2D eigenvalue weighted by molar-refractivity contribution is -0.138. The zero-order valence-corrected chi connectivity index (χ0v) is 9.75. The molecule has 1 rings (SSSR count). The number of hydrogen-bond acceptors (Lipinski definition) is 4. The summed E-state index contributed by atoms with van der Waals surface area (Å²) in [6.07, 6.45) is 1.37. The number of hydrogen-bond donors (Lipinski definition) is 2. The number of aliphatic carboxylic acids is 1. The number of amides is 1. The lowest BCUT2D eigenvalue weighted by Gasteiger charge is -2.24. The molecule has 0 saturated carbocycles. The van der Waals surface area contributed by atoms with E-state index in [0.717, 1.165) is 0 Å². The molecule has 0 spiro atoms. The molecule has 0 aliphatic heterocycles. The fourth-order valence-corrected chi connectivity index (χ4v) is 1.31. The summed E-state index contributed by atoms with van der Waals surface area (Å²) >= 11 is 0. The SMILES string of the molecule is CC(C)N(CC(=O)O)C(=O)c1ccc(N)cn1. The van der Waals surface area contributed by atoms with E-state index < -0.39 is 11.9 Å². The van der Waals surface area contributed by atoms with Crippen LogP contribution in [0, 0.1) is 0 Å². The zero-order chi connectivity index (χ0) is 13.0. The number of nitrogen functional groups attached to an aromatic ring is 1. The summed E-state index contributed by atoms with van der Waals surface area (Å²) in [5, 5.41) is 8.74. The zero-order valence-electron chi connectivity index (χ0n) is 9.75. The van der Waals surface area contributed by atoms with Crippen molar-refractivity contribution in [2.75, 3.05) is 12.3 Å². The Morgan fingerprint density at radius 1 is 1.47 bits per heavy atom. The number of anilines is 1. The Hall–Kier alpha value is -2.11. The van der Waals surface area contributed by atoms with E-state index in [4.69, 9.17) is 10.8 Å². The number of nitrogens with two attached hydrogens (primary N) is 1. The maximum atomic E-state index is 12.0. The maximum absolute atomic E-state index is 12.0. The van der Waals surface area contributed by atoms with Gasteiger partial charge in [-0.15, -0.1) is 0 Å². The lowest BCUT2D eigenvalue weighted by atomic mass is 10.2. The van der Waals surface area contributed by atoms with Crippen LogP contribution < -0.4 is 5.73 Å². The Morgan fingerprint density at radius 3 is 2.53 bits per heavy atom. The highest BCUT2D eigenvalue weighted by atomic mass is 16.4. The van der Waals surface area contributed by atoms with E-state index in [9.17, 15) is 9.59 Å². The van der Waals surface area contributed by atoms with Gasteiger partial charge in [-0.3, -0.25) is 9.59 Å². The van der Waals surface area contributed by atoms with E-state index in [1.54, 1.807) is 19.9 Å². The van der Waals surface area contributed by atoms with Crippen molar-refractivity contribution in [2.24, 2.45) is 0 Å². The molecule has 3 N–H and O–H groups in total. The number of carboxylic acid groups (broad SMARTS) is 1. The highest BCUT2D eigenvalue weighted by molar-refractivity contribution is 5.94. The van der Waals surface area contributed by atoms with Gasteiger partial charge in [-0.1, -0.05) is 0 Å². The van der Waals surface area contributed by atoms with Crippen LogP contribution in [0.2, 0.25) is 0 Å². The summed E-state index contributed by atoms with van der Waals surface area (Å²) in [6.45, 7) is 3.15. The van der Waals surface area contributed by atoms with Crippen molar-refractivity contribution in [1.82, 2.24) is 9.88 Å². The molecular formula is C11H15N3O3. The van der Waals surface area contributed by atoms with Crippen LogP contribution in [0.1, 0.15) is 24.3 Å². The number of rotatable bonds is 4. The van der Waals surface area contributed by atoms with Crippen molar-refractivity contribution < 1.29 is 14.7 Å². The van der Waals surface area contributed by atoms with Gasteiger partial charge in [-0.2, -0.15) is 0 Å². The number of nitrogens with zero attached hydrogens (tertiary/aromatic N) is 2. The molecule has 1 amide bonds. The average molecular weight is 237 g/mol. The van der Waals surface area contributed by atoms with E-state index in [1.165, 1.54) is 17.2 Å². The molecule has 0 unspecified atom stereocenters. The Balaban J connectivity index is 2.91. The fraction of sp³-hybridized carbons (Fsp3) is 0.364. The molecule has 0 saturated heterocycles. The minimum atomic E-state index is -1.05. The number of carbonyl (C=O) groups excluding carboxylic acids is 1. The minimum Gasteiger partial charge on any atom is -0.480 e. The average Bonchev–Trinajstić information content (AvgIpc) is 2.25. The molecule has 1 aromatic rings. The Bertz CT molecular complexity index is 414. The lowest BCUT2D eigenvalue weighted by Crippen LogP contribution is -2.41. The summed E-state index contributed by atoms with van der Waals surface area (Å²) in [5.41, 5.74) is 6.11. The molecular weight excluding hydrogens is 222 g/mol. The first-order valence-corrected chi connectivity index (χ1v) is 5.16. The highest BCUT2D eigenvalue weighted by Gasteiger charge is 2.21. The van der Waals surface area contributed by atoms with Crippen LogP contribution >= 0.6 is 0 Å². The Kier molecular flexibility index (Phi) is 4.03. The predicted molar refractivity (Wildman–Crippen MR) is 62.5 cm³/mol. The number of pyridine rings is 1. The number of aromatic nitrogens is 1. The molecule has 6 nitrogen and oxygen atoms in total. The van der Waals surface area contributed by atoms with Crippen molar-refractivity contribution >= 4 is 17.6 Å². The van der Waals surface area contributed by atoms with E-state index in [1.807, 2.05) is 0 Å². The van der Waals surface area contributed by atoms with E-state index >= 15 is 0 Å². The van der Waals surface area contributed by atoms with Crippen LogP contribution in [0.5, 0.6) is 0 Å². The molecule has 0 aromatic carbocycles. The van der Waals surface area contributed by atoms with Gasteiger partial charge in [0.25, 0.3) is 5.91 Å².